The van der Waals surface area contributed by atoms with Crippen molar-refractivity contribution in [3.8, 4) is 5.75 Å². The van der Waals surface area contributed by atoms with E-state index in [0.717, 1.165) is 30.8 Å². The summed E-state index contributed by atoms with van der Waals surface area (Å²) in [5.74, 6) is 0.750. The highest BCUT2D eigenvalue weighted by Gasteiger charge is 2.07. The van der Waals surface area contributed by atoms with E-state index in [1.54, 1.807) is 7.11 Å². The van der Waals surface area contributed by atoms with Crippen LogP contribution in [-0.2, 0) is 6.54 Å². The first-order chi connectivity index (χ1) is 8.08. The van der Waals surface area contributed by atoms with E-state index in [1.807, 2.05) is 18.2 Å². The Hall–Kier alpha value is -1.13. The molecule has 0 aromatic heterocycles. The predicted molar refractivity (Wildman–Crippen MR) is 75.5 cm³/mol. The minimum atomic E-state index is 0.371. The van der Waals surface area contributed by atoms with Crippen molar-refractivity contribution in [1.82, 2.24) is 4.90 Å². The number of rotatable bonds is 6. The summed E-state index contributed by atoms with van der Waals surface area (Å²) in [6.07, 6.45) is 1.15. The summed E-state index contributed by atoms with van der Waals surface area (Å²) in [6.45, 7) is 4.16. The van der Waals surface area contributed by atoms with Crippen LogP contribution in [0.1, 0.15) is 24.5 Å². The van der Waals surface area contributed by atoms with Gasteiger partial charge in [0.25, 0.3) is 0 Å². The Kier molecular flexibility index (Phi) is 5.38. The maximum absolute atomic E-state index is 5.63. The van der Waals surface area contributed by atoms with Gasteiger partial charge >= 0.3 is 0 Å². The molecule has 0 spiro atoms. The number of nitrogens with two attached hydrogens (primary N) is 1. The molecule has 0 amide bonds. The molecule has 0 saturated heterocycles. The lowest BCUT2D eigenvalue weighted by Gasteiger charge is -2.16. The van der Waals surface area contributed by atoms with Crippen LogP contribution in [0.2, 0.25) is 0 Å². The van der Waals surface area contributed by atoms with Gasteiger partial charge in [-0.2, -0.15) is 0 Å². The van der Waals surface area contributed by atoms with Gasteiger partial charge in [-0.05, 0) is 37.7 Å². The van der Waals surface area contributed by atoms with Crippen LogP contribution in [-0.4, -0.2) is 30.6 Å². The van der Waals surface area contributed by atoms with Crippen molar-refractivity contribution in [3.63, 3.8) is 0 Å². The molecule has 0 aliphatic carbocycles. The Labute approximate surface area is 109 Å². The topological polar surface area (TPSA) is 38.5 Å². The first-order valence-corrected chi connectivity index (χ1v) is 6.14. The monoisotopic (exact) mass is 252 g/mol. The van der Waals surface area contributed by atoms with Crippen molar-refractivity contribution in [2.45, 2.75) is 19.9 Å². The zero-order valence-electron chi connectivity index (χ0n) is 10.7. The molecule has 0 heterocycles. The third-order valence-electron chi connectivity index (χ3n) is 2.59. The average molecular weight is 252 g/mol. The summed E-state index contributed by atoms with van der Waals surface area (Å²) in [5, 5.41) is 0. The van der Waals surface area contributed by atoms with Crippen molar-refractivity contribution >= 4 is 17.2 Å². The first kappa shape index (κ1) is 13.9. The van der Waals surface area contributed by atoms with Crippen LogP contribution in [0.3, 0.4) is 0 Å². The summed E-state index contributed by atoms with van der Waals surface area (Å²) >= 11 is 4.98. The van der Waals surface area contributed by atoms with Crippen LogP contribution in [0.4, 0.5) is 0 Å². The Morgan fingerprint density at radius 1 is 1.47 bits per heavy atom. The van der Waals surface area contributed by atoms with E-state index in [-0.39, 0.29) is 0 Å². The fraction of sp³-hybridized carbons (Fsp3) is 0.462. The van der Waals surface area contributed by atoms with Gasteiger partial charge < -0.3 is 15.4 Å². The lowest BCUT2D eigenvalue weighted by Crippen LogP contribution is -2.18. The predicted octanol–water partition coefficient (Wildman–Crippen LogP) is 2.17. The molecule has 0 atom stereocenters. The van der Waals surface area contributed by atoms with Gasteiger partial charge in [-0.15, -0.1) is 0 Å². The van der Waals surface area contributed by atoms with Gasteiger partial charge in [0.15, 0.2) is 0 Å². The van der Waals surface area contributed by atoms with E-state index in [2.05, 4.69) is 18.9 Å². The van der Waals surface area contributed by atoms with Crippen molar-refractivity contribution in [1.29, 1.82) is 0 Å². The fourth-order valence-electron chi connectivity index (χ4n) is 1.81. The zero-order chi connectivity index (χ0) is 12.8. The molecule has 94 valence electrons. The average Bonchev–Trinajstić information content (AvgIpc) is 2.28. The fourth-order valence-corrected chi connectivity index (χ4v) is 1.98. The first-order valence-electron chi connectivity index (χ1n) is 5.73. The molecule has 2 N–H and O–H groups in total. The highest BCUT2D eigenvalue weighted by atomic mass is 32.1. The molecule has 4 heteroatoms. The smallest absolute Gasteiger partial charge is 0.129 e. The summed E-state index contributed by atoms with van der Waals surface area (Å²) in [5.41, 5.74) is 7.63. The van der Waals surface area contributed by atoms with Crippen LogP contribution < -0.4 is 10.5 Å². The maximum Gasteiger partial charge on any atom is 0.129 e. The highest BCUT2D eigenvalue weighted by Crippen LogP contribution is 2.20. The molecule has 3 nitrogen and oxygen atoms in total. The minimum absolute atomic E-state index is 0.371. The van der Waals surface area contributed by atoms with E-state index >= 15 is 0 Å². The van der Waals surface area contributed by atoms with Gasteiger partial charge in [-0.1, -0.05) is 25.2 Å². The van der Waals surface area contributed by atoms with E-state index in [0.29, 0.717) is 4.99 Å². The number of thiocarbonyl (C=S) groups is 1. The summed E-state index contributed by atoms with van der Waals surface area (Å²) in [7, 11) is 3.74. The molecule has 0 aliphatic rings. The number of hydrogen-bond donors (Lipinski definition) is 1. The standard InChI is InChI=1S/C13H20N2OS/c1-4-7-15(2)9-10-5-6-11(13(14)17)12(8-10)16-3/h5-6,8H,4,7,9H2,1-3H3,(H2,14,17). The normalized spacial score (nSPS) is 10.6. The molecule has 0 radical (unpaired) electrons. The Balaban J connectivity index is 2.86. The second-order valence-corrected chi connectivity index (χ2v) is 4.58. The molecule has 0 saturated carbocycles. The van der Waals surface area contributed by atoms with Gasteiger partial charge in [-0.25, -0.2) is 0 Å². The number of ether oxygens (including phenoxy) is 1. The SMILES string of the molecule is CCCN(C)Cc1ccc(C(N)=S)c(OC)c1. The van der Waals surface area contributed by atoms with Gasteiger partial charge in [0, 0.05) is 6.54 Å². The van der Waals surface area contributed by atoms with Gasteiger partial charge in [0.2, 0.25) is 0 Å². The lowest BCUT2D eigenvalue weighted by molar-refractivity contribution is 0.326. The molecule has 17 heavy (non-hydrogen) atoms. The number of benzene rings is 1. The van der Waals surface area contributed by atoms with E-state index in [1.165, 1.54) is 5.56 Å². The molecular formula is C13H20N2OS. The second kappa shape index (κ2) is 6.57. The Morgan fingerprint density at radius 3 is 2.71 bits per heavy atom. The highest BCUT2D eigenvalue weighted by molar-refractivity contribution is 7.80. The molecule has 0 unspecified atom stereocenters. The quantitative estimate of drug-likeness (QED) is 0.788. The van der Waals surface area contributed by atoms with Crippen LogP contribution in [0, 0.1) is 0 Å². The van der Waals surface area contributed by atoms with Crippen molar-refractivity contribution < 1.29 is 4.74 Å². The van der Waals surface area contributed by atoms with Gasteiger partial charge in [0.05, 0.1) is 12.7 Å². The third-order valence-corrected chi connectivity index (χ3v) is 2.81. The van der Waals surface area contributed by atoms with Crippen LogP contribution in [0.25, 0.3) is 0 Å². The van der Waals surface area contributed by atoms with Crippen LogP contribution in [0.5, 0.6) is 5.75 Å². The van der Waals surface area contributed by atoms with Crippen molar-refractivity contribution in [2.24, 2.45) is 5.73 Å². The number of methoxy groups -OCH3 is 1. The van der Waals surface area contributed by atoms with Crippen molar-refractivity contribution in [2.75, 3.05) is 20.7 Å². The van der Waals surface area contributed by atoms with E-state index < -0.39 is 0 Å². The van der Waals surface area contributed by atoms with E-state index in [9.17, 15) is 0 Å². The molecule has 0 fully saturated rings. The van der Waals surface area contributed by atoms with Crippen LogP contribution >= 0.6 is 12.2 Å². The summed E-state index contributed by atoms with van der Waals surface area (Å²) < 4.78 is 5.30. The van der Waals surface area contributed by atoms with Crippen molar-refractivity contribution in [3.05, 3.63) is 29.3 Å². The molecule has 1 rings (SSSR count). The van der Waals surface area contributed by atoms with Crippen LogP contribution in [0.15, 0.2) is 18.2 Å². The molecule has 0 aliphatic heterocycles. The number of hydrogen-bond acceptors (Lipinski definition) is 3. The van der Waals surface area contributed by atoms with Gasteiger partial charge in [-0.3, -0.25) is 0 Å². The molecule has 1 aromatic rings. The Morgan fingerprint density at radius 2 is 2.18 bits per heavy atom. The second-order valence-electron chi connectivity index (χ2n) is 4.14. The maximum atomic E-state index is 5.63. The number of nitrogens with zero attached hydrogens (tertiary/aromatic N) is 1. The third kappa shape index (κ3) is 3.98. The van der Waals surface area contributed by atoms with Gasteiger partial charge in [0.1, 0.15) is 10.7 Å². The lowest BCUT2D eigenvalue weighted by atomic mass is 10.1. The summed E-state index contributed by atoms with van der Waals surface area (Å²) in [6, 6.07) is 5.97. The largest absolute Gasteiger partial charge is 0.496 e. The molecular weight excluding hydrogens is 232 g/mol. The zero-order valence-corrected chi connectivity index (χ0v) is 11.5. The molecule has 0 bridgehead atoms. The minimum Gasteiger partial charge on any atom is -0.496 e. The Bertz CT molecular complexity index is 393. The summed E-state index contributed by atoms with van der Waals surface area (Å²) in [4.78, 5) is 2.64. The molecule has 1 aromatic carbocycles. The van der Waals surface area contributed by atoms with E-state index in [4.69, 9.17) is 22.7 Å².